The zero-order valence-corrected chi connectivity index (χ0v) is 21.2. The molecule has 1 aliphatic heterocycles. The van der Waals surface area contributed by atoms with Crippen molar-refractivity contribution in [3.05, 3.63) is 70.1 Å². The van der Waals surface area contributed by atoms with Crippen LogP contribution in [0.1, 0.15) is 40.8 Å². The van der Waals surface area contributed by atoms with E-state index in [2.05, 4.69) is 33.7 Å². The molecule has 1 saturated heterocycles. The number of thioether (sulfide) groups is 1. The molecule has 5 rings (SSSR count). The number of carbonyl (C=O) groups is 1. The number of benzene rings is 1. The molecule has 4 aromatic rings. The second kappa shape index (κ2) is 10.2. The molecule has 0 atom stereocenters. The third-order valence-corrected chi connectivity index (χ3v) is 8.37. The molecule has 3 aromatic heterocycles. The van der Waals surface area contributed by atoms with Crippen molar-refractivity contribution in [1.29, 1.82) is 0 Å². The first kappa shape index (κ1) is 24.8. The molecule has 0 unspecified atom stereocenters. The summed E-state index contributed by atoms with van der Waals surface area (Å²) in [5.74, 6) is 0.853. The normalized spacial score (nSPS) is 15.1. The van der Waals surface area contributed by atoms with E-state index in [1.165, 1.54) is 11.8 Å². The van der Waals surface area contributed by atoms with Gasteiger partial charge in [0.05, 0.1) is 16.2 Å². The van der Waals surface area contributed by atoms with Crippen LogP contribution in [0.2, 0.25) is 0 Å². The van der Waals surface area contributed by atoms with Crippen LogP contribution in [0.25, 0.3) is 10.9 Å². The lowest BCUT2D eigenvalue weighted by Crippen LogP contribution is -2.40. The minimum Gasteiger partial charge on any atom is -0.341 e. The van der Waals surface area contributed by atoms with Gasteiger partial charge in [0.2, 0.25) is 5.91 Å². The number of pyridine rings is 1. The molecule has 11 heteroatoms. The van der Waals surface area contributed by atoms with E-state index < -0.39 is 11.9 Å². The number of likely N-dealkylation sites (tertiary alicyclic amines) is 1. The van der Waals surface area contributed by atoms with Crippen LogP contribution < -0.4 is 0 Å². The highest BCUT2D eigenvalue weighted by molar-refractivity contribution is 7.98. The lowest BCUT2D eigenvalue weighted by atomic mass is 9.97. The Morgan fingerprint density at radius 2 is 2.00 bits per heavy atom. The molecule has 1 amide bonds. The van der Waals surface area contributed by atoms with Crippen LogP contribution in [0.5, 0.6) is 0 Å². The summed E-state index contributed by atoms with van der Waals surface area (Å²) < 4.78 is 39.8. The van der Waals surface area contributed by atoms with Gasteiger partial charge in [0, 0.05) is 52.3 Å². The highest BCUT2D eigenvalue weighted by Crippen LogP contribution is 2.33. The second-order valence-electron chi connectivity index (χ2n) is 8.81. The molecule has 0 aliphatic carbocycles. The fourth-order valence-electron chi connectivity index (χ4n) is 4.29. The van der Waals surface area contributed by atoms with Gasteiger partial charge in [-0.3, -0.25) is 14.5 Å². The summed E-state index contributed by atoms with van der Waals surface area (Å²) >= 11 is 3.40. The van der Waals surface area contributed by atoms with E-state index >= 15 is 0 Å². The van der Waals surface area contributed by atoms with Crippen LogP contribution in [0.4, 0.5) is 13.2 Å². The van der Waals surface area contributed by atoms with Crippen molar-refractivity contribution >= 4 is 39.9 Å². The average molecular weight is 532 g/mol. The van der Waals surface area contributed by atoms with Crippen LogP contribution in [0.3, 0.4) is 0 Å². The van der Waals surface area contributed by atoms with Gasteiger partial charge >= 0.3 is 6.18 Å². The fraction of sp³-hybridized carbons (Fsp3) is 0.360. The van der Waals surface area contributed by atoms with Crippen LogP contribution in [-0.4, -0.2) is 43.6 Å². The van der Waals surface area contributed by atoms with Crippen molar-refractivity contribution in [2.75, 3.05) is 13.1 Å². The van der Waals surface area contributed by atoms with Crippen LogP contribution >= 0.6 is 23.1 Å². The minimum atomic E-state index is -4.52. The van der Waals surface area contributed by atoms with E-state index in [4.69, 9.17) is 4.98 Å². The molecule has 1 aromatic carbocycles. The third-order valence-electron chi connectivity index (χ3n) is 6.28. The van der Waals surface area contributed by atoms with E-state index in [1.54, 1.807) is 34.2 Å². The Balaban J connectivity index is 1.13. The Labute approximate surface area is 214 Å². The molecule has 1 fully saturated rings. The average Bonchev–Trinajstić information content (AvgIpc) is 3.49. The molecule has 1 aliphatic rings. The van der Waals surface area contributed by atoms with Gasteiger partial charge in [0.15, 0.2) is 5.69 Å². The summed E-state index contributed by atoms with van der Waals surface area (Å²) in [6, 6.07) is 11.2. The van der Waals surface area contributed by atoms with Crippen LogP contribution in [-0.2, 0) is 23.3 Å². The number of thiazole rings is 1. The first-order valence-electron chi connectivity index (χ1n) is 11.6. The van der Waals surface area contributed by atoms with Gasteiger partial charge in [0.1, 0.15) is 6.54 Å². The van der Waals surface area contributed by atoms with Gasteiger partial charge in [0.25, 0.3) is 0 Å². The molecule has 188 valence electrons. The SMILES string of the molecule is Cc1cc(C(F)(F)F)nn1CC(=O)N1CCC(c2nc(CSc3ccc4ncccc4c3)cs2)CC1. The Kier molecular flexibility index (Phi) is 7.03. The Hall–Kier alpha value is -2.92. The number of piperidine rings is 1. The summed E-state index contributed by atoms with van der Waals surface area (Å²) in [5.41, 5.74) is 1.37. The van der Waals surface area contributed by atoms with Gasteiger partial charge in [-0.05, 0) is 50.1 Å². The summed E-state index contributed by atoms with van der Waals surface area (Å²) in [5, 5.41) is 7.86. The quantitative estimate of drug-likeness (QED) is 0.289. The first-order valence-corrected chi connectivity index (χ1v) is 13.4. The lowest BCUT2D eigenvalue weighted by molar-refractivity contribution is -0.142. The number of alkyl halides is 3. The lowest BCUT2D eigenvalue weighted by Gasteiger charge is -2.31. The largest absolute Gasteiger partial charge is 0.435 e. The van der Waals surface area contributed by atoms with Crippen LogP contribution in [0, 0.1) is 6.92 Å². The number of nitrogens with zero attached hydrogens (tertiary/aromatic N) is 5. The van der Waals surface area contributed by atoms with Crippen molar-refractivity contribution in [2.24, 2.45) is 0 Å². The topological polar surface area (TPSA) is 63.9 Å². The zero-order chi connectivity index (χ0) is 25.3. The number of aromatic nitrogens is 4. The predicted octanol–water partition coefficient (Wildman–Crippen LogP) is 5.91. The van der Waals surface area contributed by atoms with Crippen molar-refractivity contribution in [2.45, 2.75) is 49.1 Å². The minimum absolute atomic E-state index is 0.184. The number of rotatable bonds is 6. The second-order valence-corrected chi connectivity index (χ2v) is 10.7. The van der Waals surface area contributed by atoms with E-state index in [-0.39, 0.29) is 18.4 Å². The first-order chi connectivity index (χ1) is 17.3. The number of hydrogen-bond donors (Lipinski definition) is 0. The molecule has 0 radical (unpaired) electrons. The molecular weight excluding hydrogens is 507 g/mol. The van der Waals surface area contributed by atoms with Crippen LogP contribution in [0.15, 0.2) is 52.9 Å². The zero-order valence-electron chi connectivity index (χ0n) is 19.5. The maximum atomic E-state index is 12.9. The van der Waals surface area contributed by atoms with Gasteiger partial charge < -0.3 is 4.90 Å². The van der Waals surface area contributed by atoms with E-state index in [0.717, 1.165) is 50.9 Å². The molecule has 36 heavy (non-hydrogen) atoms. The number of carbonyl (C=O) groups excluding carboxylic acids is 1. The molecule has 6 nitrogen and oxygen atoms in total. The van der Waals surface area contributed by atoms with Gasteiger partial charge in [-0.1, -0.05) is 6.07 Å². The standard InChI is InChI=1S/C25H24F3N5OS2/c1-16-11-22(25(26,27)28)31-33(16)13-23(34)32-9-6-17(7-10-32)24-30-19(15-36-24)14-35-20-4-5-21-18(12-20)3-2-8-29-21/h2-5,8,11-12,15,17H,6-7,9-10,13-14H2,1H3. The molecule has 0 bridgehead atoms. The number of halogens is 3. The highest BCUT2D eigenvalue weighted by atomic mass is 32.2. The van der Waals surface area contributed by atoms with Crippen molar-refractivity contribution < 1.29 is 18.0 Å². The maximum absolute atomic E-state index is 12.9. The van der Waals surface area contributed by atoms with Gasteiger partial charge in [-0.15, -0.1) is 23.1 Å². The number of hydrogen-bond acceptors (Lipinski definition) is 6. The maximum Gasteiger partial charge on any atom is 0.435 e. The molecular formula is C25H24F3N5OS2. The van der Waals surface area contributed by atoms with E-state index in [1.807, 2.05) is 12.1 Å². The van der Waals surface area contributed by atoms with Crippen molar-refractivity contribution in [1.82, 2.24) is 24.6 Å². The monoisotopic (exact) mass is 531 g/mol. The highest BCUT2D eigenvalue weighted by Gasteiger charge is 2.35. The summed E-state index contributed by atoms with van der Waals surface area (Å²) in [7, 11) is 0. The Morgan fingerprint density at radius 3 is 2.75 bits per heavy atom. The van der Waals surface area contributed by atoms with E-state index in [9.17, 15) is 18.0 Å². The molecule has 0 saturated carbocycles. The number of aryl methyl sites for hydroxylation is 1. The van der Waals surface area contributed by atoms with Crippen molar-refractivity contribution in [3.63, 3.8) is 0 Å². The number of amides is 1. The fourth-order valence-corrected chi connectivity index (χ4v) is 6.22. The van der Waals surface area contributed by atoms with Crippen molar-refractivity contribution in [3.8, 4) is 0 Å². The summed E-state index contributed by atoms with van der Waals surface area (Å²) in [4.78, 5) is 24.8. The Morgan fingerprint density at radius 1 is 1.19 bits per heavy atom. The Bertz CT molecular complexity index is 1380. The summed E-state index contributed by atoms with van der Waals surface area (Å²) in [6.45, 7) is 2.46. The summed E-state index contributed by atoms with van der Waals surface area (Å²) in [6.07, 6.45) is -1.15. The number of fused-ring (bicyclic) bond motifs is 1. The van der Waals surface area contributed by atoms with E-state index in [0.29, 0.717) is 18.8 Å². The smallest absolute Gasteiger partial charge is 0.341 e. The predicted molar refractivity (Wildman–Crippen MR) is 134 cm³/mol. The molecule has 4 heterocycles. The molecule has 0 N–H and O–H groups in total. The third kappa shape index (κ3) is 5.57. The van der Waals surface area contributed by atoms with Gasteiger partial charge in [-0.2, -0.15) is 18.3 Å². The molecule has 0 spiro atoms. The van der Waals surface area contributed by atoms with Gasteiger partial charge in [-0.25, -0.2) is 4.98 Å².